The number of rotatable bonds is 5. The molecular formula is C20H26N4O2. The number of amides is 1. The van der Waals surface area contributed by atoms with Crippen LogP contribution >= 0.6 is 0 Å². The molecule has 2 aromatic heterocycles. The number of likely N-dealkylation sites (tertiary alicyclic amines) is 1. The maximum atomic E-state index is 13.1. The molecule has 138 valence electrons. The Labute approximate surface area is 154 Å². The summed E-state index contributed by atoms with van der Waals surface area (Å²) in [6.45, 7) is 7.89. The number of piperidine rings is 1. The summed E-state index contributed by atoms with van der Waals surface area (Å²) < 4.78 is 1.77. The zero-order valence-electron chi connectivity index (χ0n) is 15.7. The molecule has 2 aromatic rings. The van der Waals surface area contributed by atoms with E-state index < -0.39 is 0 Å². The molecule has 26 heavy (non-hydrogen) atoms. The van der Waals surface area contributed by atoms with Gasteiger partial charge < -0.3 is 4.90 Å². The predicted molar refractivity (Wildman–Crippen MR) is 99.2 cm³/mol. The molecule has 0 N–H and O–H groups in total. The Hall–Kier alpha value is -2.50. The van der Waals surface area contributed by atoms with Gasteiger partial charge in [-0.3, -0.25) is 19.3 Å². The van der Waals surface area contributed by atoms with Crippen LogP contribution in [0.2, 0.25) is 0 Å². The highest BCUT2D eigenvalue weighted by Gasteiger charge is 2.31. The third-order valence-electron chi connectivity index (χ3n) is 4.91. The minimum atomic E-state index is -0.190. The summed E-state index contributed by atoms with van der Waals surface area (Å²) >= 11 is 0. The topological polar surface area (TPSA) is 68.1 Å². The number of aromatic nitrogens is 3. The van der Waals surface area contributed by atoms with E-state index in [0.29, 0.717) is 31.0 Å². The molecule has 0 radical (unpaired) electrons. The Balaban J connectivity index is 1.77. The van der Waals surface area contributed by atoms with Crippen LogP contribution in [0.4, 0.5) is 0 Å². The van der Waals surface area contributed by atoms with Crippen LogP contribution in [0.15, 0.2) is 30.5 Å². The maximum absolute atomic E-state index is 13.1. The van der Waals surface area contributed by atoms with Crippen LogP contribution in [0.3, 0.4) is 0 Å². The van der Waals surface area contributed by atoms with Gasteiger partial charge in [-0.15, -0.1) is 0 Å². The van der Waals surface area contributed by atoms with E-state index in [1.54, 1.807) is 27.9 Å². The predicted octanol–water partition coefficient (Wildman–Crippen LogP) is 3.16. The fraction of sp³-hybridized carbons (Fsp3) is 0.500. The van der Waals surface area contributed by atoms with Gasteiger partial charge in [0, 0.05) is 31.7 Å². The van der Waals surface area contributed by atoms with Crippen molar-refractivity contribution in [1.29, 1.82) is 0 Å². The van der Waals surface area contributed by atoms with E-state index in [-0.39, 0.29) is 23.5 Å². The van der Waals surface area contributed by atoms with Crippen LogP contribution in [0.5, 0.6) is 0 Å². The molecule has 6 nitrogen and oxygen atoms in total. The molecule has 0 bridgehead atoms. The van der Waals surface area contributed by atoms with Gasteiger partial charge in [0.05, 0.1) is 5.69 Å². The Kier molecular flexibility index (Phi) is 5.49. The van der Waals surface area contributed by atoms with Crippen LogP contribution < -0.4 is 0 Å². The summed E-state index contributed by atoms with van der Waals surface area (Å²) in [6, 6.07) is 7.25. The first-order chi connectivity index (χ1) is 12.5. The van der Waals surface area contributed by atoms with E-state index in [0.717, 1.165) is 18.5 Å². The van der Waals surface area contributed by atoms with Crippen molar-refractivity contribution in [3.05, 3.63) is 47.5 Å². The van der Waals surface area contributed by atoms with E-state index in [1.807, 2.05) is 19.1 Å². The first-order valence-corrected chi connectivity index (χ1v) is 9.33. The monoisotopic (exact) mass is 354 g/mol. The molecule has 0 aliphatic carbocycles. The van der Waals surface area contributed by atoms with Gasteiger partial charge >= 0.3 is 0 Å². The van der Waals surface area contributed by atoms with Crippen molar-refractivity contribution in [3.8, 4) is 0 Å². The molecule has 3 rings (SSSR count). The molecule has 1 aliphatic rings. The van der Waals surface area contributed by atoms with Crippen molar-refractivity contribution in [2.75, 3.05) is 13.1 Å². The summed E-state index contributed by atoms with van der Waals surface area (Å²) in [5.74, 6) is 0.0686. The van der Waals surface area contributed by atoms with Crippen molar-refractivity contribution < 1.29 is 9.59 Å². The Morgan fingerprint density at radius 3 is 2.77 bits per heavy atom. The molecule has 1 fully saturated rings. The number of ketones is 1. The molecule has 1 aliphatic heterocycles. The second-order valence-electron chi connectivity index (χ2n) is 7.09. The average Bonchev–Trinajstić information content (AvgIpc) is 3.12. The number of hydrogen-bond donors (Lipinski definition) is 0. The fourth-order valence-corrected chi connectivity index (χ4v) is 3.39. The largest absolute Gasteiger partial charge is 0.337 e. The standard InChI is InChI=1S/C20H26N4O2/c1-4-24-18(12-17(22-24)14(2)3)20(26)23-11-7-8-15(13-23)19(25)16-9-5-6-10-21-16/h5-6,9-10,12,14-15H,4,7-8,11,13H2,1-3H3. The summed E-state index contributed by atoms with van der Waals surface area (Å²) in [5.41, 5.74) is 2.02. The quantitative estimate of drug-likeness (QED) is 0.774. The molecule has 1 amide bonds. The van der Waals surface area contributed by atoms with Gasteiger partial charge in [0.1, 0.15) is 11.4 Å². The summed E-state index contributed by atoms with van der Waals surface area (Å²) in [6.07, 6.45) is 3.25. The third-order valence-corrected chi connectivity index (χ3v) is 4.91. The molecular weight excluding hydrogens is 328 g/mol. The van der Waals surface area contributed by atoms with Crippen LogP contribution in [0, 0.1) is 5.92 Å². The first kappa shape index (κ1) is 18.3. The van der Waals surface area contributed by atoms with Crippen LogP contribution in [-0.4, -0.2) is 44.4 Å². The average molecular weight is 354 g/mol. The number of Topliss-reactive ketones (excluding diaryl/α,β-unsaturated/α-hetero) is 1. The lowest BCUT2D eigenvalue weighted by Gasteiger charge is -2.31. The Morgan fingerprint density at radius 2 is 2.12 bits per heavy atom. The van der Waals surface area contributed by atoms with E-state index in [9.17, 15) is 9.59 Å². The molecule has 1 unspecified atom stereocenters. The van der Waals surface area contributed by atoms with Crippen molar-refractivity contribution in [1.82, 2.24) is 19.7 Å². The minimum absolute atomic E-state index is 0.0231. The minimum Gasteiger partial charge on any atom is -0.337 e. The maximum Gasteiger partial charge on any atom is 0.272 e. The summed E-state index contributed by atoms with van der Waals surface area (Å²) in [7, 11) is 0. The van der Waals surface area contributed by atoms with Crippen LogP contribution in [0.1, 0.15) is 66.2 Å². The van der Waals surface area contributed by atoms with Gasteiger partial charge in [0.15, 0.2) is 5.78 Å². The van der Waals surface area contributed by atoms with Gasteiger partial charge in [0.2, 0.25) is 0 Å². The van der Waals surface area contributed by atoms with Gasteiger partial charge in [-0.1, -0.05) is 19.9 Å². The van der Waals surface area contributed by atoms with Crippen molar-refractivity contribution >= 4 is 11.7 Å². The molecule has 3 heterocycles. The molecule has 0 aromatic carbocycles. The number of carbonyl (C=O) groups excluding carboxylic acids is 2. The zero-order valence-corrected chi connectivity index (χ0v) is 15.7. The number of carbonyl (C=O) groups is 2. The normalized spacial score (nSPS) is 17.5. The van der Waals surface area contributed by atoms with E-state index >= 15 is 0 Å². The highest BCUT2D eigenvalue weighted by molar-refractivity contribution is 5.97. The Morgan fingerprint density at radius 1 is 1.31 bits per heavy atom. The fourth-order valence-electron chi connectivity index (χ4n) is 3.39. The number of nitrogens with zero attached hydrogens (tertiary/aromatic N) is 4. The highest BCUT2D eigenvalue weighted by atomic mass is 16.2. The van der Waals surface area contributed by atoms with Crippen LogP contribution in [0.25, 0.3) is 0 Å². The zero-order chi connectivity index (χ0) is 18.7. The highest BCUT2D eigenvalue weighted by Crippen LogP contribution is 2.23. The van der Waals surface area contributed by atoms with Gasteiger partial charge in [-0.05, 0) is 43.9 Å². The molecule has 0 saturated carbocycles. The Bertz CT molecular complexity index is 782. The van der Waals surface area contributed by atoms with E-state index in [4.69, 9.17) is 0 Å². The molecule has 1 saturated heterocycles. The van der Waals surface area contributed by atoms with Crippen molar-refractivity contribution in [2.45, 2.75) is 46.1 Å². The van der Waals surface area contributed by atoms with E-state index in [1.165, 1.54) is 0 Å². The first-order valence-electron chi connectivity index (χ1n) is 9.33. The van der Waals surface area contributed by atoms with E-state index in [2.05, 4.69) is 23.9 Å². The molecule has 0 spiro atoms. The SMILES string of the molecule is CCn1nc(C(C)C)cc1C(=O)N1CCCC(C(=O)c2ccccn2)C1. The number of aryl methyl sites for hydroxylation is 1. The second kappa shape index (κ2) is 7.81. The van der Waals surface area contributed by atoms with Gasteiger partial charge in [-0.25, -0.2) is 0 Å². The third kappa shape index (κ3) is 3.69. The molecule has 1 atom stereocenters. The lowest BCUT2D eigenvalue weighted by atomic mass is 9.91. The van der Waals surface area contributed by atoms with Gasteiger partial charge in [0.25, 0.3) is 5.91 Å². The van der Waals surface area contributed by atoms with Gasteiger partial charge in [-0.2, -0.15) is 5.10 Å². The number of pyridine rings is 1. The lowest BCUT2D eigenvalue weighted by Crippen LogP contribution is -2.43. The lowest BCUT2D eigenvalue weighted by molar-refractivity contribution is 0.0625. The van der Waals surface area contributed by atoms with Crippen LogP contribution in [-0.2, 0) is 6.54 Å². The number of hydrogen-bond acceptors (Lipinski definition) is 4. The molecule has 6 heteroatoms. The second-order valence-corrected chi connectivity index (χ2v) is 7.09. The summed E-state index contributed by atoms with van der Waals surface area (Å²) in [5, 5.41) is 4.54. The van der Waals surface area contributed by atoms with Crippen molar-refractivity contribution in [2.24, 2.45) is 5.92 Å². The van der Waals surface area contributed by atoms with Crippen molar-refractivity contribution in [3.63, 3.8) is 0 Å². The smallest absolute Gasteiger partial charge is 0.272 e. The summed E-state index contributed by atoms with van der Waals surface area (Å²) in [4.78, 5) is 31.7.